The van der Waals surface area contributed by atoms with E-state index >= 15 is 0 Å². The van der Waals surface area contributed by atoms with Gasteiger partial charge < -0.3 is 18.8 Å². The van der Waals surface area contributed by atoms with Crippen LogP contribution in [-0.2, 0) is 29.2 Å². The molecule has 2 aliphatic heterocycles. The van der Waals surface area contributed by atoms with Crippen LogP contribution < -0.4 is 4.74 Å². The molecule has 5 aromatic rings. The average Bonchev–Trinajstić information content (AvgIpc) is 3.56. The van der Waals surface area contributed by atoms with Crippen molar-refractivity contribution in [1.29, 1.82) is 0 Å². The summed E-state index contributed by atoms with van der Waals surface area (Å²) in [6.45, 7) is 12.3. The van der Waals surface area contributed by atoms with Gasteiger partial charge in [-0.1, -0.05) is 6.07 Å². The fourth-order valence-corrected chi connectivity index (χ4v) is 6.31. The molecule has 6 heterocycles. The Morgan fingerprint density at radius 1 is 1.02 bits per heavy atom. The highest BCUT2D eigenvalue weighted by molar-refractivity contribution is 5.94. The van der Waals surface area contributed by atoms with Gasteiger partial charge in [0.05, 0.1) is 47.5 Å². The predicted molar refractivity (Wildman–Crippen MR) is 175 cm³/mol. The number of likely N-dealkylation sites (tertiary alicyclic amines) is 1. The Kier molecular flexibility index (Phi) is 8.25. The van der Waals surface area contributed by atoms with Crippen molar-refractivity contribution < 1.29 is 19.0 Å². The molecule has 2 fully saturated rings. The molecule has 2 aliphatic rings. The van der Waals surface area contributed by atoms with E-state index in [2.05, 4.69) is 33.6 Å². The molecule has 2 saturated heterocycles. The number of pyridine rings is 2. The van der Waals surface area contributed by atoms with E-state index in [9.17, 15) is 4.79 Å². The van der Waals surface area contributed by atoms with Gasteiger partial charge in [-0.3, -0.25) is 4.90 Å². The van der Waals surface area contributed by atoms with Crippen molar-refractivity contribution in [3.63, 3.8) is 0 Å². The van der Waals surface area contributed by atoms with E-state index in [-0.39, 0.29) is 12.1 Å². The lowest BCUT2D eigenvalue weighted by Gasteiger charge is -2.32. The molecule has 0 saturated carbocycles. The third kappa shape index (κ3) is 6.64. The van der Waals surface area contributed by atoms with Gasteiger partial charge >= 0.3 is 5.97 Å². The van der Waals surface area contributed by atoms with Crippen molar-refractivity contribution in [2.75, 3.05) is 19.7 Å². The van der Waals surface area contributed by atoms with Crippen LogP contribution in [0.25, 0.3) is 16.6 Å². The van der Waals surface area contributed by atoms with Crippen LogP contribution in [0, 0.1) is 6.92 Å². The molecule has 46 heavy (non-hydrogen) atoms. The van der Waals surface area contributed by atoms with E-state index in [4.69, 9.17) is 24.2 Å². The van der Waals surface area contributed by atoms with Crippen LogP contribution in [0.3, 0.4) is 0 Å². The number of benzene rings is 1. The first-order valence-corrected chi connectivity index (χ1v) is 16.3. The molecule has 10 heteroatoms. The van der Waals surface area contributed by atoms with Crippen molar-refractivity contribution in [3.8, 4) is 5.88 Å². The van der Waals surface area contributed by atoms with Crippen LogP contribution in [0.15, 0.2) is 60.9 Å². The number of hydrogen-bond acceptors (Lipinski definition) is 8. The van der Waals surface area contributed by atoms with Crippen molar-refractivity contribution in [3.05, 3.63) is 89.1 Å². The van der Waals surface area contributed by atoms with E-state index in [0.717, 1.165) is 91.2 Å². The van der Waals surface area contributed by atoms with Gasteiger partial charge in [-0.15, -0.1) is 0 Å². The predicted octanol–water partition coefficient (Wildman–Crippen LogP) is 6.09. The Morgan fingerprint density at radius 2 is 1.85 bits per heavy atom. The Bertz CT molecular complexity index is 1860. The van der Waals surface area contributed by atoms with Gasteiger partial charge in [0.25, 0.3) is 0 Å². The third-order valence-electron chi connectivity index (χ3n) is 8.92. The largest absolute Gasteiger partial charge is 0.473 e. The van der Waals surface area contributed by atoms with Crippen LogP contribution >= 0.6 is 0 Å². The quantitative estimate of drug-likeness (QED) is 0.182. The van der Waals surface area contributed by atoms with Gasteiger partial charge in [0.1, 0.15) is 18.0 Å². The SMILES string of the molecule is Cc1cnn2ccc(COc3cccc(C4CCN(Cc5nc6ccc(C(=O)OC(C)(C)C)cc6n5C[C@@H]5CCO5)CC4)n3)cc12. The Hall–Kier alpha value is -4.28. The second kappa shape index (κ2) is 12.5. The molecule has 10 nitrogen and oxygen atoms in total. The number of rotatable bonds is 9. The number of imidazole rings is 1. The molecule has 0 radical (unpaired) electrons. The number of esters is 1. The summed E-state index contributed by atoms with van der Waals surface area (Å²) in [6.07, 6.45) is 7.08. The summed E-state index contributed by atoms with van der Waals surface area (Å²) in [5.74, 6) is 1.72. The van der Waals surface area contributed by atoms with E-state index in [0.29, 0.717) is 24.0 Å². The van der Waals surface area contributed by atoms with Crippen LogP contribution in [-0.4, -0.2) is 66.4 Å². The minimum absolute atomic E-state index is 0.172. The first-order valence-electron chi connectivity index (χ1n) is 16.3. The molecule has 0 bridgehead atoms. The number of aromatic nitrogens is 5. The Balaban J connectivity index is 1.01. The molecular formula is C36H42N6O4. The normalized spacial score (nSPS) is 17.8. The second-order valence-corrected chi connectivity index (χ2v) is 13.6. The number of aryl methyl sites for hydroxylation is 1. The lowest BCUT2D eigenvalue weighted by Crippen LogP contribution is -2.35. The summed E-state index contributed by atoms with van der Waals surface area (Å²) in [6, 6.07) is 15.9. The standard InChI is InChI=1S/C36H42N6O4/c1-24-20-37-42-16-10-25(18-31(24)42)23-45-34-7-5-6-29(39-34)26-11-14-40(15-12-26)22-33-38-30-9-8-27(35(43)46-36(2,3)4)19-32(30)41(33)21-28-13-17-44-28/h5-10,16,18-20,26,28H,11-15,17,21-23H2,1-4H3/t28-/m0/s1. The number of carbonyl (C=O) groups is 1. The van der Waals surface area contributed by atoms with E-state index in [1.54, 1.807) is 0 Å². The van der Waals surface area contributed by atoms with E-state index < -0.39 is 5.60 Å². The summed E-state index contributed by atoms with van der Waals surface area (Å²) in [4.78, 5) is 25.2. The minimum Gasteiger partial charge on any atom is -0.473 e. The molecule has 0 unspecified atom stereocenters. The first-order chi connectivity index (χ1) is 22.2. The van der Waals surface area contributed by atoms with Crippen LogP contribution in [0.4, 0.5) is 0 Å². The van der Waals surface area contributed by atoms with Gasteiger partial charge in [0.2, 0.25) is 5.88 Å². The fourth-order valence-electron chi connectivity index (χ4n) is 6.31. The lowest BCUT2D eigenvalue weighted by molar-refractivity contribution is -0.0592. The average molecular weight is 623 g/mol. The van der Waals surface area contributed by atoms with E-state index in [1.165, 1.54) is 0 Å². The highest BCUT2D eigenvalue weighted by Gasteiger charge is 2.27. The lowest BCUT2D eigenvalue weighted by atomic mass is 9.93. The summed E-state index contributed by atoms with van der Waals surface area (Å²) < 4.78 is 21.7. The van der Waals surface area contributed by atoms with Crippen LogP contribution in [0.1, 0.15) is 79.0 Å². The molecule has 240 valence electrons. The number of fused-ring (bicyclic) bond motifs is 2. The molecule has 0 N–H and O–H groups in total. The zero-order valence-electron chi connectivity index (χ0n) is 27.1. The molecular weight excluding hydrogens is 580 g/mol. The molecule has 0 aliphatic carbocycles. The minimum atomic E-state index is -0.553. The molecule has 0 spiro atoms. The van der Waals surface area contributed by atoms with Crippen LogP contribution in [0.5, 0.6) is 5.88 Å². The molecule has 1 aromatic carbocycles. The third-order valence-corrected chi connectivity index (χ3v) is 8.92. The number of carbonyl (C=O) groups excluding carboxylic acids is 1. The maximum atomic E-state index is 12.8. The van der Waals surface area contributed by atoms with Crippen molar-refractivity contribution in [2.45, 2.75) is 84.3 Å². The second-order valence-electron chi connectivity index (χ2n) is 13.6. The molecule has 0 amide bonds. The fraction of sp³-hybridized carbons (Fsp3) is 0.444. The highest BCUT2D eigenvalue weighted by atomic mass is 16.6. The molecule has 7 rings (SSSR count). The number of ether oxygens (including phenoxy) is 3. The monoisotopic (exact) mass is 622 g/mol. The van der Waals surface area contributed by atoms with Crippen molar-refractivity contribution >= 4 is 22.5 Å². The summed E-state index contributed by atoms with van der Waals surface area (Å²) in [5, 5.41) is 4.35. The maximum Gasteiger partial charge on any atom is 0.338 e. The zero-order valence-corrected chi connectivity index (χ0v) is 27.1. The summed E-state index contributed by atoms with van der Waals surface area (Å²) >= 11 is 0. The van der Waals surface area contributed by atoms with Gasteiger partial charge in [0.15, 0.2) is 0 Å². The Morgan fingerprint density at radius 3 is 2.61 bits per heavy atom. The highest BCUT2D eigenvalue weighted by Crippen LogP contribution is 2.30. The Labute approximate surface area is 269 Å². The van der Waals surface area contributed by atoms with Crippen LogP contribution in [0.2, 0.25) is 0 Å². The van der Waals surface area contributed by atoms with Gasteiger partial charge in [-0.25, -0.2) is 19.3 Å². The van der Waals surface area contributed by atoms with Crippen molar-refractivity contribution in [1.82, 2.24) is 29.0 Å². The zero-order chi connectivity index (χ0) is 31.8. The molecule has 4 aromatic heterocycles. The summed E-state index contributed by atoms with van der Waals surface area (Å²) in [7, 11) is 0. The van der Waals surface area contributed by atoms with Gasteiger partial charge in [-0.05, 0) is 108 Å². The molecule has 1 atom stereocenters. The summed E-state index contributed by atoms with van der Waals surface area (Å²) in [5.41, 5.74) is 6.23. The number of nitrogens with zero attached hydrogens (tertiary/aromatic N) is 6. The van der Waals surface area contributed by atoms with Gasteiger partial charge in [0, 0.05) is 30.5 Å². The number of hydrogen-bond donors (Lipinski definition) is 0. The topological polar surface area (TPSA) is 96.0 Å². The first kappa shape index (κ1) is 30.4. The number of piperidine rings is 1. The van der Waals surface area contributed by atoms with E-state index in [1.807, 2.05) is 74.1 Å². The smallest absolute Gasteiger partial charge is 0.338 e. The maximum absolute atomic E-state index is 12.8. The van der Waals surface area contributed by atoms with Gasteiger partial charge in [-0.2, -0.15) is 5.10 Å². The van der Waals surface area contributed by atoms with Crippen molar-refractivity contribution in [2.24, 2.45) is 0 Å².